The van der Waals surface area contributed by atoms with Crippen molar-refractivity contribution in [3.05, 3.63) is 0 Å². The number of rotatable bonds is 4. The monoisotopic (exact) mass is 266 g/mol. The van der Waals surface area contributed by atoms with Crippen LogP contribution in [0.2, 0.25) is 0 Å². The van der Waals surface area contributed by atoms with Gasteiger partial charge in [-0.25, -0.2) is 0 Å². The summed E-state index contributed by atoms with van der Waals surface area (Å²) >= 11 is 0. The Hall–Kier alpha value is -0.770. The van der Waals surface area contributed by atoms with Crippen molar-refractivity contribution in [1.29, 1.82) is 0 Å². The van der Waals surface area contributed by atoms with Crippen molar-refractivity contribution < 1.29 is 0 Å². The summed E-state index contributed by atoms with van der Waals surface area (Å²) in [5.74, 6) is 1.49. The van der Waals surface area contributed by atoms with Gasteiger partial charge in [-0.15, -0.1) is 0 Å². The summed E-state index contributed by atoms with van der Waals surface area (Å²) in [6.07, 6.45) is 9.25. The molecule has 1 heterocycles. The van der Waals surface area contributed by atoms with Gasteiger partial charge in [-0.2, -0.15) is 0 Å². The molecule has 110 valence electrons. The van der Waals surface area contributed by atoms with Crippen LogP contribution in [0, 0.1) is 5.92 Å². The summed E-state index contributed by atoms with van der Waals surface area (Å²) in [6, 6.07) is 0.563. The first-order chi connectivity index (χ1) is 9.24. The van der Waals surface area contributed by atoms with Gasteiger partial charge in [0.1, 0.15) is 0 Å². The first kappa shape index (κ1) is 14.6. The van der Waals surface area contributed by atoms with Gasteiger partial charge in [-0.1, -0.05) is 26.2 Å². The van der Waals surface area contributed by atoms with Crippen LogP contribution < -0.4 is 11.1 Å². The molecule has 0 radical (unpaired) electrons. The molecule has 4 nitrogen and oxygen atoms in total. The van der Waals surface area contributed by atoms with Crippen LogP contribution in [0.3, 0.4) is 0 Å². The Morgan fingerprint density at radius 1 is 1.21 bits per heavy atom. The lowest BCUT2D eigenvalue weighted by Gasteiger charge is -2.30. The molecule has 1 saturated carbocycles. The van der Waals surface area contributed by atoms with Gasteiger partial charge in [-0.3, -0.25) is 4.99 Å². The molecular formula is C15H30N4. The number of hydrogen-bond acceptors (Lipinski definition) is 2. The Morgan fingerprint density at radius 3 is 2.74 bits per heavy atom. The van der Waals surface area contributed by atoms with Gasteiger partial charge in [0.25, 0.3) is 0 Å². The molecule has 2 fully saturated rings. The van der Waals surface area contributed by atoms with E-state index in [-0.39, 0.29) is 0 Å². The molecule has 3 N–H and O–H groups in total. The highest BCUT2D eigenvalue weighted by molar-refractivity contribution is 5.78. The molecule has 0 aromatic rings. The third-order valence-electron chi connectivity index (χ3n) is 4.40. The van der Waals surface area contributed by atoms with Crippen LogP contribution in [0.4, 0.5) is 0 Å². The van der Waals surface area contributed by atoms with Gasteiger partial charge >= 0.3 is 0 Å². The van der Waals surface area contributed by atoms with E-state index in [9.17, 15) is 0 Å². The standard InChI is InChI=1S/C15H30N4/c1-13-6-5-10-19(12-13)11-9-17-15(16)18-14-7-3-2-4-8-14/h13-14H,2-12H2,1H3,(H3,16,17,18). The SMILES string of the molecule is CC1CCCN(CCN=C(N)NC2CCCCC2)C1. The Bertz CT molecular complexity index is 284. The number of nitrogens with two attached hydrogens (primary N) is 1. The van der Waals surface area contributed by atoms with Gasteiger partial charge < -0.3 is 16.0 Å². The highest BCUT2D eigenvalue weighted by Crippen LogP contribution is 2.17. The summed E-state index contributed by atoms with van der Waals surface area (Å²) in [5.41, 5.74) is 5.97. The molecular weight excluding hydrogens is 236 g/mol. The van der Waals surface area contributed by atoms with Crippen LogP contribution in [-0.2, 0) is 0 Å². The highest BCUT2D eigenvalue weighted by atomic mass is 15.2. The summed E-state index contributed by atoms with van der Waals surface area (Å²) < 4.78 is 0. The van der Waals surface area contributed by atoms with Crippen molar-refractivity contribution in [1.82, 2.24) is 10.2 Å². The van der Waals surface area contributed by atoms with E-state index in [4.69, 9.17) is 5.73 Å². The van der Waals surface area contributed by atoms with Crippen molar-refractivity contribution in [2.75, 3.05) is 26.2 Å². The Morgan fingerprint density at radius 2 is 2.00 bits per heavy atom. The quantitative estimate of drug-likeness (QED) is 0.604. The maximum absolute atomic E-state index is 5.97. The third-order valence-corrected chi connectivity index (χ3v) is 4.40. The number of guanidine groups is 1. The topological polar surface area (TPSA) is 53.6 Å². The summed E-state index contributed by atoms with van der Waals surface area (Å²) in [5, 5.41) is 3.37. The zero-order valence-corrected chi connectivity index (χ0v) is 12.4. The first-order valence-corrected chi connectivity index (χ1v) is 8.03. The van der Waals surface area contributed by atoms with E-state index in [0.29, 0.717) is 12.0 Å². The van der Waals surface area contributed by atoms with Crippen LogP contribution in [0.15, 0.2) is 4.99 Å². The average molecular weight is 266 g/mol. The Labute approximate surface area is 117 Å². The van der Waals surface area contributed by atoms with Crippen molar-refractivity contribution >= 4 is 5.96 Å². The average Bonchev–Trinajstić information content (AvgIpc) is 2.40. The molecule has 1 aliphatic heterocycles. The van der Waals surface area contributed by atoms with Gasteiger partial charge in [0.2, 0.25) is 0 Å². The smallest absolute Gasteiger partial charge is 0.188 e. The van der Waals surface area contributed by atoms with Crippen molar-refractivity contribution in [3.63, 3.8) is 0 Å². The maximum Gasteiger partial charge on any atom is 0.188 e. The number of piperidine rings is 1. The van der Waals surface area contributed by atoms with Crippen LogP contribution in [-0.4, -0.2) is 43.1 Å². The molecule has 2 rings (SSSR count). The van der Waals surface area contributed by atoms with Gasteiger partial charge in [0.15, 0.2) is 5.96 Å². The molecule has 1 unspecified atom stereocenters. The molecule has 2 aliphatic rings. The predicted octanol–water partition coefficient (Wildman–Crippen LogP) is 1.96. The fraction of sp³-hybridized carbons (Fsp3) is 0.933. The van der Waals surface area contributed by atoms with E-state index >= 15 is 0 Å². The summed E-state index contributed by atoms with van der Waals surface area (Å²) in [7, 11) is 0. The van der Waals surface area contributed by atoms with E-state index < -0.39 is 0 Å². The van der Waals surface area contributed by atoms with E-state index in [0.717, 1.165) is 19.0 Å². The van der Waals surface area contributed by atoms with Crippen molar-refractivity contribution in [2.24, 2.45) is 16.6 Å². The molecule has 0 spiro atoms. The zero-order chi connectivity index (χ0) is 13.5. The van der Waals surface area contributed by atoms with E-state index in [1.165, 1.54) is 58.0 Å². The molecule has 1 aliphatic carbocycles. The Kier molecular flexibility index (Phi) is 5.95. The van der Waals surface area contributed by atoms with Gasteiger partial charge in [0.05, 0.1) is 6.54 Å². The lowest BCUT2D eigenvalue weighted by atomic mass is 9.96. The van der Waals surface area contributed by atoms with E-state index in [1.807, 2.05) is 0 Å². The van der Waals surface area contributed by atoms with Crippen LogP contribution in [0.25, 0.3) is 0 Å². The third kappa shape index (κ3) is 5.39. The van der Waals surface area contributed by atoms with E-state index in [2.05, 4.69) is 22.1 Å². The lowest BCUT2D eigenvalue weighted by molar-refractivity contribution is 0.189. The number of likely N-dealkylation sites (tertiary alicyclic amines) is 1. The lowest BCUT2D eigenvalue weighted by Crippen LogP contribution is -2.42. The fourth-order valence-electron chi connectivity index (χ4n) is 3.30. The zero-order valence-electron chi connectivity index (χ0n) is 12.4. The molecule has 0 bridgehead atoms. The van der Waals surface area contributed by atoms with Crippen molar-refractivity contribution in [3.8, 4) is 0 Å². The minimum atomic E-state index is 0.563. The Balaban J connectivity index is 1.63. The van der Waals surface area contributed by atoms with Crippen LogP contribution >= 0.6 is 0 Å². The number of nitrogens with zero attached hydrogens (tertiary/aromatic N) is 2. The van der Waals surface area contributed by atoms with Gasteiger partial charge in [0, 0.05) is 19.1 Å². The van der Waals surface area contributed by atoms with E-state index in [1.54, 1.807) is 0 Å². The van der Waals surface area contributed by atoms with Crippen LogP contribution in [0.5, 0.6) is 0 Å². The minimum Gasteiger partial charge on any atom is -0.370 e. The largest absolute Gasteiger partial charge is 0.370 e. The highest BCUT2D eigenvalue weighted by Gasteiger charge is 2.16. The number of aliphatic imine (C=N–C) groups is 1. The molecule has 19 heavy (non-hydrogen) atoms. The summed E-state index contributed by atoms with van der Waals surface area (Å²) in [6.45, 7) is 6.69. The van der Waals surface area contributed by atoms with Crippen molar-refractivity contribution in [2.45, 2.75) is 57.9 Å². The molecule has 1 atom stereocenters. The molecule has 0 aromatic heterocycles. The maximum atomic E-state index is 5.97. The van der Waals surface area contributed by atoms with Gasteiger partial charge in [-0.05, 0) is 38.1 Å². The summed E-state index contributed by atoms with van der Waals surface area (Å²) in [4.78, 5) is 7.00. The first-order valence-electron chi connectivity index (χ1n) is 8.03. The number of hydrogen-bond donors (Lipinski definition) is 2. The molecule has 0 amide bonds. The fourth-order valence-corrected chi connectivity index (χ4v) is 3.30. The number of nitrogens with one attached hydrogen (secondary N) is 1. The second-order valence-electron chi connectivity index (χ2n) is 6.29. The minimum absolute atomic E-state index is 0.563. The molecule has 1 saturated heterocycles. The molecule has 0 aromatic carbocycles. The normalized spacial score (nSPS) is 27.4. The second-order valence-corrected chi connectivity index (χ2v) is 6.29. The predicted molar refractivity (Wildman–Crippen MR) is 81.3 cm³/mol. The second kappa shape index (κ2) is 7.73. The van der Waals surface area contributed by atoms with Crippen LogP contribution in [0.1, 0.15) is 51.9 Å². The molecule has 4 heteroatoms.